The molecule has 0 saturated carbocycles. The monoisotopic (exact) mass is 409 g/mol. The molecule has 156 valence electrons. The normalized spacial score (nSPS) is 14.0. The van der Waals surface area contributed by atoms with Gasteiger partial charge in [-0.15, -0.1) is 0 Å². The molecular formula is C23H23NO6. The summed E-state index contributed by atoms with van der Waals surface area (Å²) in [6.07, 6.45) is 3.65. The van der Waals surface area contributed by atoms with Gasteiger partial charge in [0.1, 0.15) is 0 Å². The molecule has 0 radical (unpaired) electrons. The third kappa shape index (κ3) is 4.46. The predicted molar refractivity (Wildman–Crippen MR) is 111 cm³/mol. The molecule has 1 aliphatic heterocycles. The average Bonchev–Trinajstić information content (AvgIpc) is 2.77. The SMILES string of the molecule is COc1ccc(C2C(C(=O)O)=CN(CCc3ccccc3)C=C2C(=O)O)cc1OC. The van der Waals surface area contributed by atoms with Gasteiger partial charge in [-0.1, -0.05) is 36.4 Å². The summed E-state index contributed by atoms with van der Waals surface area (Å²) in [7, 11) is 2.96. The van der Waals surface area contributed by atoms with E-state index in [2.05, 4.69) is 0 Å². The molecule has 1 heterocycles. The first kappa shape index (κ1) is 21.0. The molecule has 0 aliphatic carbocycles. The Labute approximate surface area is 174 Å². The van der Waals surface area contributed by atoms with E-state index in [4.69, 9.17) is 9.47 Å². The van der Waals surface area contributed by atoms with Gasteiger partial charge in [-0.2, -0.15) is 0 Å². The van der Waals surface area contributed by atoms with Crippen LogP contribution in [0.5, 0.6) is 11.5 Å². The Balaban J connectivity index is 1.97. The van der Waals surface area contributed by atoms with Crippen molar-refractivity contribution in [1.82, 2.24) is 4.90 Å². The molecule has 0 spiro atoms. The fourth-order valence-corrected chi connectivity index (χ4v) is 3.49. The van der Waals surface area contributed by atoms with Crippen LogP contribution < -0.4 is 9.47 Å². The molecule has 0 amide bonds. The first-order chi connectivity index (χ1) is 14.4. The Hall–Kier alpha value is -3.74. The van der Waals surface area contributed by atoms with E-state index in [0.29, 0.717) is 30.0 Å². The van der Waals surface area contributed by atoms with Gasteiger partial charge in [-0.3, -0.25) is 0 Å². The maximum Gasteiger partial charge on any atom is 0.334 e. The van der Waals surface area contributed by atoms with Crippen molar-refractivity contribution in [3.05, 3.63) is 83.2 Å². The van der Waals surface area contributed by atoms with E-state index in [0.717, 1.165) is 5.56 Å². The van der Waals surface area contributed by atoms with Crippen molar-refractivity contribution in [2.24, 2.45) is 0 Å². The number of hydrogen-bond donors (Lipinski definition) is 2. The van der Waals surface area contributed by atoms with Gasteiger partial charge >= 0.3 is 11.9 Å². The zero-order valence-electron chi connectivity index (χ0n) is 16.7. The molecule has 0 unspecified atom stereocenters. The zero-order valence-corrected chi connectivity index (χ0v) is 16.7. The van der Waals surface area contributed by atoms with Crippen molar-refractivity contribution < 1.29 is 29.3 Å². The number of hydrogen-bond acceptors (Lipinski definition) is 5. The number of benzene rings is 2. The van der Waals surface area contributed by atoms with Gasteiger partial charge in [0, 0.05) is 18.9 Å². The maximum atomic E-state index is 12.0. The minimum absolute atomic E-state index is 0.0184. The lowest BCUT2D eigenvalue weighted by Crippen LogP contribution is -2.28. The van der Waals surface area contributed by atoms with Gasteiger partial charge in [0.05, 0.1) is 31.3 Å². The summed E-state index contributed by atoms with van der Waals surface area (Å²) in [5.41, 5.74) is 1.54. The van der Waals surface area contributed by atoms with Crippen LogP contribution in [0.3, 0.4) is 0 Å². The Bertz CT molecular complexity index is 964. The van der Waals surface area contributed by atoms with Crippen LogP contribution >= 0.6 is 0 Å². The van der Waals surface area contributed by atoms with Gasteiger partial charge in [0.2, 0.25) is 0 Å². The fourth-order valence-electron chi connectivity index (χ4n) is 3.49. The highest BCUT2D eigenvalue weighted by Crippen LogP contribution is 2.39. The third-order valence-electron chi connectivity index (χ3n) is 4.97. The summed E-state index contributed by atoms with van der Waals surface area (Å²) in [5, 5.41) is 19.7. The molecule has 2 N–H and O–H groups in total. The van der Waals surface area contributed by atoms with Crippen LogP contribution in [-0.2, 0) is 16.0 Å². The van der Waals surface area contributed by atoms with Crippen molar-refractivity contribution in [3.63, 3.8) is 0 Å². The number of aliphatic carboxylic acids is 2. The van der Waals surface area contributed by atoms with E-state index in [1.165, 1.54) is 26.6 Å². The first-order valence-corrected chi connectivity index (χ1v) is 9.36. The summed E-state index contributed by atoms with van der Waals surface area (Å²) < 4.78 is 10.5. The van der Waals surface area contributed by atoms with Crippen molar-refractivity contribution in [1.29, 1.82) is 0 Å². The summed E-state index contributed by atoms with van der Waals surface area (Å²) in [4.78, 5) is 25.7. The van der Waals surface area contributed by atoms with Crippen LogP contribution in [0.25, 0.3) is 0 Å². The summed E-state index contributed by atoms with van der Waals surface area (Å²) in [5.74, 6) is -2.41. The van der Waals surface area contributed by atoms with Crippen molar-refractivity contribution in [2.75, 3.05) is 20.8 Å². The average molecular weight is 409 g/mol. The number of nitrogens with zero attached hydrogens (tertiary/aromatic N) is 1. The molecule has 30 heavy (non-hydrogen) atoms. The topological polar surface area (TPSA) is 96.3 Å². The number of carbonyl (C=O) groups is 2. The molecule has 0 bridgehead atoms. The first-order valence-electron chi connectivity index (χ1n) is 9.36. The highest BCUT2D eigenvalue weighted by Gasteiger charge is 2.34. The molecule has 2 aromatic carbocycles. The number of carboxylic acids is 2. The molecule has 7 nitrogen and oxygen atoms in total. The second-order valence-corrected chi connectivity index (χ2v) is 6.80. The van der Waals surface area contributed by atoms with Crippen LogP contribution in [0.15, 0.2) is 72.1 Å². The van der Waals surface area contributed by atoms with Crippen molar-refractivity contribution >= 4 is 11.9 Å². The molecule has 1 aliphatic rings. The van der Waals surface area contributed by atoms with Gasteiger partial charge in [-0.05, 0) is 29.7 Å². The molecule has 2 aromatic rings. The number of ether oxygens (including phenoxy) is 2. The molecule has 3 rings (SSSR count). The predicted octanol–water partition coefficient (Wildman–Crippen LogP) is 3.28. The number of methoxy groups -OCH3 is 2. The van der Waals surface area contributed by atoms with Crippen LogP contribution in [0.2, 0.25) is 0 Å². The minimum Gasteiger partial charge on any atom is -0.493 e. The zero-order chi connectivity index (χ0) is 21.7. The van der Waals surface area contributed by atoms with E-state index in [1.54, 1.807) is 23.1 Å². The molecule has 0 fully saturated rings. The second-order valence-electron chi connectivity index (χ2n) is 6.80. The van der Waals surface area contributed by atoms with Gasteiger partial charge < -0.3 is 24.6 Å². The summed E-state index contributed by atoms with van der Waals surface area (Å²) >= 11 is 0. The van der Waals surface area contributed by atoms with Crippen LogP contribution in [0.1, 0.15) is 17.0 Å². The molecular weight excluding hydrogens is 386 g/mol. The highest BCUT2D eigenvalue weighted by atomic mass is 16.5. The van der Waals surface area contributed by atoms with Gasteiger partial charge in [-0.25, -0.2) is 9.59 Å². The molecule has 0 saturated heterocycles. The lowest BCUT2D eigenvalue weighted by Gasteiger charge is -2.29. The van der Waals surface area contributed by atoms with E-state index < -0.39 is 17.9 Å². The maximum absolute atomic E-state index is 12.0. The third-order valence-corrected chi connectivity index (χ3v) is 4.97. The van der Waals surface area contributed by atoms with E-state index >= 15 is 0 Å². The Kier molecular flexibility index (Phi) is 6.41. The Morgan fingerprint density at radius 3 is 2.03 bits per heavy atom. The summed E-state index contributed by atoms with van der Waals surface area (Å²) in [6, 6.07) is 14.6. The van der Waals surface area contributed by atoms with Crippen LogP contribution in [0, 0.1) is 0 Å². The highest BCUT2D eigenvalue weighted by molar-refractivity contribution is 5.97. The smallest absolute Gasteiger partial charge is 0.334 e. The van der Waals surface area contributed by atoms with Gasteiger partial charge in [0.25, 0.3) is 0 Å². The minimum atomic E-state index is -1.17. The van der Waals surface area contributed by atoms with Crippen molar-refractivity contribution in [3.8, 4) is 11.5 Å². The lowest BCUT2D eigenvalue weighted by molar-refractivity contribution is -0.133. The van der Waals surface area contributed by atoms with Crippen LogP contribution in [-0.4, -0.2) is 47.8 Å². The van der Waals surface area contributed by atoms with E-state index in [-0.39, 0.29) is 11.1 Å². The number of carboxylic acid groups (broad SMARTS) is 2. The Morgan fingerprint density at radius 1 is 0.900 bits per heavy atom. The quantitative estimate of drug-likeness (QED) is 0.691. The lowest BCUT2D eigenvalue weighted by atomic mass is 9.83. The summed E-state index contributed by atoms with van der Waals surface area (Å²) in [6.45, 7) is 0.455. The van der Waals surface area contributed by atoms with Gasteiger partial charge in [0.15, 0.2) is 11.5 Å². The molecule has 0 atom stereocenters. The molecule has 7 heteroatoms. The van der Waals surface area contributed by atoms with E-state index in [1.807, 2.05) is 30.3 Å². The largest absolute Gasteiger partial charge is 0.493 e. The van der Waals surface area contributed by atoms with Crippen molar-refractivity contribution in [2.45, 2.75) is 12.3 Å². The Morgan fingerprint density at radius 2 is 1.50 bits per heavy atom. The standard InChI is InChI=1S/C23H23NO6/c1-29-19-9-8-16(12-20(19)30-2)21-17(22(25)26)13-24(14-18(21)23(27)28)11-10-15-6-4-3-5-7-15/h3-9,12-14,21H,10-11H2,1-2H3,(H,25,26)(H,27,28). The fraction of sp³-hybridized carbons (Fsp3) is 0.217. The second kappa shape index (κ2) is 9.17. The number of rotatable bonds is 8. The van der Waals surface area contributed by atoms with E-state index in [9.17, 15) is 19.8 Å². The molecule has 0 aromatic heterocycles. The van der Waals surface area contributed by atoms with Crippen LogP contribution in [0.4, 0.5) is 0 Å².